The van der Waals surface area contributed by atoms with Crippen molar-refractivity contribution >= 4 is 11.6 Å². The number of carbonyl (C=O) groups excluding carboxylic acids is 1. The number of anilines is 1. The molecule has 0 heterocycles. The molecule has 0 aliphatic rings. The van der Waals surface area contributed by atoms with Gasteiger partial charge in [0.05, 0.1) is 0 Å². The number of amides is 1. The molecule has 0 spiro atoms. The van der Waals surface area contributed by atoms with Gasteiger partial charge >= 0.3 is 0 Å². The van der Waals surface area contributed by atoms with Crippen LogP contribution in [0.4, 0.5) is 5.69 Å². The summed E-state index contributed by atoms with van der Waals surface area (Å²) in [7, 11) is 0. The molecule has 1 rings (SSSR count). The minimum Gasteiger partial charge on any atom is -0.398 e. The smallest absolute Gasteiger partial charge is 0.251 e. The molecule has 0 saturated heterocycles. The van der Waals surface area contributed by atoms with Crippen LogP contribution in [0.15, 0.2) is 18.2 Å². The predicted octanol–water partition coefficient (Wildman–Crippen LogP) is 3.28. The van der Waals surface area contributed by atoms with Crippen molar-refractivity contribution in [3.8, 4) is 0 Å². The molecule has 0 aliphatic heterocycles. The largest absolute Gasteiger partial charge is 0.398 e. The van der Waals surface area contributed by atoms with Gasteiger partial charge in [0.25, 0.3) is 5.91 Å². The highest BCUT2D eigenvalue weighted by atomic mass is 16.1. The molecule has 0 fully saturated rings. The van der Waals surface area contributed by atoms with E-state index < -0.39 is 0 Å². The van der Waals surface area contributed by atoms with Gasteiger partial charge in [0, 0.05) is 16.8 Å². The van der Waals surface area contributed by atoms with Crippen molar-refractivity contribution in [2.45, 2.75) is 52.5 Å². The highest BCUT2D eigenvalue weighted by molar-refractivity contribution is 5.95. The van der Waals surface area contributed by atoms with Gasteiger partial charge in [0.1, 0.15) is 0 Å². The molecule has 18 heavy (non-hydrogen) atoms. The quantitative estimate of drug-likeness (QED) is 0.786. The van der Waals surface area contributed by atoms with Gasteiger partial charge in [-0.1, -0.05) is 26.8 Å². The SMILES string of the molecule is CCC(CC)(CC)NC(=O)c1ccc(C)c(N)c1. The summed E-state index contributed by atoms with van der Waals surface area (Å²) in [5.41, 5.74) is 8.04. The van der Waals surface area contributed by atoms with E-state index in [0.717, 1.165) is 24.8 Å². The molecular weight excluding hydrogens is 224 g/mol. The molecule has 1 amide bonds. The van der Waals surface area contributed by atoms with Gasteiger partial charge in [-0.25, -0.2) is 0 Å². The Morgan fingerprint density at radius 1 is 1.22 bits per heavy atom. The average Bonchev–Trinajstić information content (AvgIpc) is 2.39. The third-order valence-corrected chi connectivity index (χ3v) is 3.95. The van der Waals surface area contributed by atoms with Crippen LogP contribution in [0.25, 0.3) is 0 Å². The van der Waals surface area contributed by atoms with E-state index in [-0.39, 0.29) is 11.4 Å². The fourth-order valence-corrected chi connectivity index (χ4v) is 2.11. The Labute approximate surface area is 110 Å². The molecule has 1 aromatic carbocycles. The molecule has 0 aromatic heterocycles. The lowest BCUT2D eigenvalue weighted by molar-refractivity contribution is 0.0888. The summed E-state index contributed by atoms with van der Waals surface area (Å²) < 4.78 is 0. The molecular formula is C15H24N2O. The number of nitrogens with two attached hydrogens (primary N) is 1. The van der Waals surface area contributed by atoms with E-state index in [4.69, 9.17) is 5.73 Å². The van der Waals surface area contributed by atoms with Gasteiger partial charge in [0.15, 0.2) is 0 Å². The highest BCUT2D eigenvalue weighted by Crippen LogP contribution is 2.21. The lowest BCUT2D eigenvalue weighted by atomic mass is 9.89. The summed E-state index contributed by atoms with van der Waals surface area (Å²) in [4.78, 5) is 12.2. The van der Waals surface area contributed by atoms with E-state index >= 15 is 0 Å². The van der Waals surface area contributed by atoms with E-state index in [2.05, 4.69) is 26.1 Å². The zero-order valence-corrected chi connectivity index (χ0v) is 11.8. The summed E-state index contributed by atoms with van der Waals surface area (Å²) in [5, 5.41) is 3.15. The van der Waals surface area contributed by atoms with E-state index in [0.29, 0.717) is 11.3 Å². The van der Waals surface area contributed by atoms with Gasteiger partial charge in [-0.15, -0.1) is 0 Å². The average molecular weight is 248 g/mol. The Balaban J connectivity index is 2.90. The van der Waals surface area contributed by atoms with Crippen molar-refractivity contribution in [3.05, 3.63) is 29.3 Å². The number of hydrogen-bond acceptors (Lipinski definition) is 2. The van der Waals surface area contributed by atoms with Crippen molar-refractivity contribution in [1.82, 2.24) is 5.32 Å². The summed E-state index contributed by atoms with van der Waals surface area (Å²) in [6.45, 7) is 8.26. The number of nitrogen functional groups attached to an aromatic ring is 1. The first kappa shape index (κ1) is 14.6. The molecule has 0 bridgehead atoms. The van der Waals surface area contributed by atoms with Crippen LogP contribution in [0.2, 0.25) is 0 Å². The van der Waals surface area contributed by atoms with E-state index in [1.54, 1.807) is 6.07 Å². The van der Waals surface area contributed by atoms with Gasteiger partial charge in [0.2, 0.25) is 0 Å². The van der Waals surface area contributed by atoms with Gasteiger partial charge in [-0.05, 0) is 43.9 Å². The Bertz CT molecular complexity index is 414. The molecule has 0 radical (unpaired) electrons. The minimum atomic E-state index is -0.100. The number of rotatable bonds is 5. The second-order valence-electron chi connectivity index (χ2n) is 4.87. The third-order valence-electron chi connectivity index (χ3n) is 3.95. The maximum Gasteiger partial charge on any atom is 0.251 e. The van der Waals surface area contributed by atoms with Crippen LogP contribution in [-0.2, 0) is 0 Å². The van der Waals surface area contributed by atoms with Crippen molar-refractivity contribution in [1.29, 1.82) is 0 Å². The first-order valence-electron chi connectivity index (χ1n) is 6.66. The maximum atomic E-state index is 12.2. The van der Waals surface area contributed by atoms with Crippen LogP contribution in [-0.4, -0.2) is 11.4 Å². The van der Waals surface area contributed by atoms with Crippen LogP contribution in [0.5, 0.6) is 0 Å². The third kappa shape index (κ3) is 3.03. The first-order valence-corrected chi connectivity index (χ1v) is 6.66. The van der Waals surface area contributed by atoms with E-state index in [1.807, 2.05) is 19.1 Å². The summed E-state index contributed by atoms with van der Waals surface area (Å²) >= 11 is 0. The molecule has 3 nitrogen and oxygen atoms in total. The first-order chi connectivity index (χ1) is 8.48. The number of nitrogens with one attached hydrogen (secondary N) is 1. The molecule has 0 atom stereocenters. The Kier molecular flexibility index (Phi) is 4.76. The van der Waals surface area contributed by atoms with Crippen LogP contribution in [0.3, 0.4) is 0 Å². The lowest BCUT2D eigenvalue weighted by Gasteiger charge is -2.31. The number of benzene rings is 1. The van der Waals surface area contributed by atoms with Gasteiger partial charge < -0.3 is 11.1 Å². The normalized spacial score (nSPS) is 11.3. The second-order valence-corrected chi connectivity index (χ2v) is 4.87. The fraction of sp³-hybridized carbons (Fsp3) is 0.533. The maximum absolute atomic E-state index is 12.2. The molecule has 100 valence electrons. The standard InChI is InChI=1S/C15H24N2O/c1-5-15(6-2,7-3)17-14(18)12-9-8-11(4)13(16)10-12/h8-10H,5-7,16H2,1-4H3,(H,17,18). The summed E-state index contributed by atoms with van der Waals surface area (Å²) in [6.07, 6.45) is 2.81. The Morgan fingerprint density at radius 3 is 2.22 bits per heavy atom. The zero-order valence-electron chi connectivity index (χ0n) is 11.8. The van der Waals surface area contributed by atoms with Gasteiger partial charge in [-0.2, -0.15) is 0 Å². The van der Waals surface area contributed by atoms with Crippen LogP contribution < -0.4 is 11.1 Å². The second kappa shape index (κ2) is 5.89. The zero-order chi connectivity index (χ0) is 13.8. The molecule has 0 aliphatic carbocycles. The number of carbonyl (C=O) groups is 1. The summed E-state index contributed by atoms with van der Waals surface area (Å²) in [6, 6.07) is 5.46. The van der Waals surface area contributed by atoms with Crippen LogP contribution in [0, 0.1) is 6.92 Å². The molecule has 0 unspecified atom stereocenters. The van der Waals surface area contributed by atoms with Gasteiger partial charge in [-0.3, -0.25) is 4.79 Å². The van der Waals surface area contributed by atoms with E-state index in [9.17, 15) is 4.79 Å². The van der Waals surface area contributed by atoms with Crippen molar-refractivity contribution < 1.29 is 4.79 Å². The van der Waals surface area contributed by atoms with E-state index in [1.165, 1.54) is 0 Å². The van der Waals surface area contributed by atoms with Crippen molar-refractivity contribution in [3.63, 3.8) is 0 Å². The highest BCUT2D eigenvalue weighted by Gasteiger charge is 2.26. The lowest BCUT2D eigenvalue weighted by Crippen LogP contribution is -2.47. The molecule has 3 heteroatoms. The van der Waals surface area contributed by atoms with Crippen molar-refractivity contribution in [2.75, 3.05) is 5.73 Å². The number of aryl methyl sites for hydroxylation is 1. The summed E-state index contributed by atoms with van der Waals surface area (Å²) in [5.74, 6) is -0.0350. The van der Waals surface area contributed by atoms with Crippen LogP contribution >= 0.6 is 0 Å². The fourth-order valence-electron chi connectivity index (χ4n) is 2.11. The minimum absolute atomic E-state index is 0.0350. The molecule has 3 N–H and O–H groups in total. The van der Waals surface area contributed by atoms with Crippen LogP contribution in [0.1, 0.15) is 56.0 Å². The monoisotopic (exact) mass is 248 g/mol. The Hall–Kier alpha value is -1.51. The number of hydrogen-bond donors (Lipinski definition) is 2. The topological polar surface area (TPSA) is 55.1 Å². The van der Waals surface area contributed by atoms with Crippen molar-refractivity contribution in [2.24, 2.45) is 0 Å². The Morgan fingerprint density at radius 2 is 1.78 bits per heavy atom. The predicted molar refractivity (Wildman–Crippen MR) is 76.7 cm³/mol. The molecule has 1 aromatic rings. The molecule has 0 saturated carbocycles.